The molecule has 0 radical (unpaired) electrons. The Bertz CT molecular complexity index is 1240. The quantitative estimate of drug-likeness (QED) is 0.286. The standard InChI is InChI=1S/C32H37BrN2O4/c1-23-18-28(16-17-29(23)33)39-22-31(36)35(21-25-12-9-15-27(19-25)38-2)30(20-24-10-5-3-6-11-24)32(37)34-26-13-7-4-8-14-26/h3,5-6,9-12,15-19,26,30H,4,7-8,13-14,20-22H2,1-2H3,(H,34,37)/t30-/m1/s1. The number of nitrogens with one attached hydrogen (secondary N) is 1. The number of benzene rings is 3. The minimum Gasteiger partial charge on any atom is -0.497 e. The number of rotatable bonds is 11. The van der Waals surface area contributed by atoms with Crippen molar-refractivity contribution in [3.05, 3.63) is 94.0 Å². The van der Waals surface area contributed by atoms with E-state index in [1.54, 1.807) is 12.0 Å². The van der Waals surface area contributed by atoms with Gasteiger partial charge in [0.2, 0.25) is 5.91 Å². The molecule has 206 valence electrons. The lowest BCUT2D eigenvalue weighted by Crippen LogP contribution is -2.53. The van der Waals surface area contributed by atoms with Crippen molar-refractivity contribution in [2.24, 2.45) is 0 Å². The van der Waals surface area contributed by atoms with Gasteiger partial charge in [0.05, 0.1) is 7.11 Å². The molecule has 3 aromatic carbocycles. The molecule has 3 aromatic rings. The molecule has 0 aliphatic heterocycles. The molecule has 0 unspecified atom stereocenters. The predicted octanol–water partition coefficient (Wildman–Crippen LogP) is 6.23. The molecule has 1 N–H and O–H groups in total. The zero-order valence-corrected chi connectivity index (χ0v) is 24.3. The summed E-state index contributed by atoms with van der Waals surface area (Å²) in [5, 5.41) is 3.27. The monoisotopic (exact) mass is 592 g/mol. The van der Waals surface area contributed by atoms with Crippen molar-refractivity contribution < 1.29 is 19.1 Å². The highest BCUT2D eigenvalue weighted by Crippen LogP contribution is 2.23. The summed E-state index contributed by atoms with van der Waals surface area (Å²) in [6.45, 7) is 2.06. The molecule has 0 heterocycles. The van der Waals surface area contributed by atoms with Crippen LogP contribution in [0.3, 0.4) is 0 Å². The number of ether oxygens (including phenoxy) is 2. The smallest absolute Gasteiger partial charge is 0.261 e. The Kier molecular flexibility index (Phi) is 10.4. The van der Waals surface area contributed by atoms with E-state index in [4.69, 9.17) is 9.47 Å². The van der Waals surface area contributed by atoms with Gasteiger partial charge in [-0.25, -0.2) is 0 Å². The summed E-state index contributed by atoms with van der Waals surface area (Å²) in [7, 11) is 1.62. The van der Waals surface area contributed by atoms with E-state index in [1.165, 1.54) is 6.42 Å². The lowest BCUT2D eigenvalue weighted by Gasteiger charge is -2.33. The van der Waals surface area contributed by atoms with E-state index < -0.39 is 6.04 Å². The highest BCUT2D eigenvalue weighted by atomic mass is 79.9. The highest BCUT2D eigenvalue weighted by Gasteiger charge is 2.32. The van der Waals surface area contributed by atoms with Gasteiger partial charge in [-0.1, -0.05) is 77.7 Å². The second kappa shape index (κ2) is 14.2. The van der Waals surface area contributed by atoms with Gasteiger partial charge in [0, 0.05) is 23.5 Å². The van der Waals surface area contributed by atoms with Crippen molar-refractivity contribution in [3.63, 3.8) is 0 Å². The van der Waals surface area contributed by atoms with Gasteiger partial charge < -0.3 is 19.7 Å². The Labute approximate surface area is 239 Å². The number of hydrogen-bond donors (Lipinski definition) is 1. The number of amides is 2. The number of nitrogens with zero attached hydrogens (tertiary/aromatic N) is 1. The van der Waals surface area contributed by atoms with Crippen molar-refractivity contribution in [2.45, 2.75) is 64.1 Å². The zero-order valence-electron chi connectivity index (χ0n) is 22.7. The van der Waals surface area contributed by atoms with Crippen molar-refractivity contribution in [3.8, 4) is 11.5 Å². The number of methoxy groups -OCH3 is 1. The van der Waals surface area contributed by atoms with Crippen LogP contribution in [0.15, 0.2) is 77.3 Å². The van der Waals surface area contributed by atoms with Crippen LogP contribution >= 0.6 is 15.9 Å². The van der Waals surface area contributed by atoms with Crippen molar-refractivity contribution in [1.82, 2.24) is 10.2 Å². The Morgan fingerprint density at radius 3 is 2.41 bits per heavy atom. The normalized spacial score (nSPS) is 14.3. The summed E-state index contributed by atoms with van der Waals surface area (Å²) >= 11 is 3.50. The largest absolute Gasteiger partial charge is 0.497 e. The van der Waals surface area contributed by atoms with Crippen LogP contribution in [-0.2, 0) is 22.6 Å². The molecule has 39 heavy (non-hydrogen) atoms. The van der Waals surface area contributed by atoms with Gasteiger partial charge in [-0.05, 0) is 66.8 Å². The molecule has 0 saturated heterocycles. The van der Waals surface area contributed by atoms with Gasteiger partial charge in [0.15, 0.2) is 6.61 Å². The fourth-order valence-electron chi connectivity index (χ4n) is 5.00. The first-order valence-corrected chi connectivity index (χ1v) is 14.4. The van der Waals surface area contributed by atoms with Gasteiger partial charge in [-0.15, -0.1) is 0 Å². The predicted molar refractivity (Wildman–Crippen MR) is 157 cm³/mol. The van der Waals surface area contributed by atoms with E-state index in [0.29, 0.717) is 17.9 Å². The Morgan fingerprint density at radius 1 is 0.949 bits per heavy atom. The second-order valence-electron chi connectivity index (χ2n) is 10.1. The highest BCUT2D eigenvalue weighted by molar-refractivity contribution is 9.10. The molecule has 2 amide bonds. The summed E-state index contributed by atoms with van der Waals surface area (Å²) in [6.07, 6.45) is 5.78. The maximum atomic E-state index is 13.9. The van der Waals surface area contributed by atoms with Crippen LogP contribution in [0.5, 0.6) is 11.5 Å². The number of carbonyl (C=O) groups excluding carboxylic acids is 2. The Hall–Kier alpha value is -3.32. The average molecular weight is 594 g/mol. The fourth-order valence-corrected chi connectivity index (χ4v) is 5.25. The number of carbonyl (C=O) groups is 2. The third kappa shape index (κ3) is 8.33. The maximum absolute atomic E-state index is 13.9. The van der Waals surface area contributed by atoms with E-state index in [0.717, 1.165) is 46.8 Å². The zero-order chi connectivity index (χ0) is 27.6. The second-order valence-corrected chi connectivity index (χ2v) is 11.0. The first-order valence-electron chi connectivity index (χ1n) is 13.6. The molecule has 0 bridgehead atoms. The molecule has 1 saturated carbocycles. The molecule has 1 aliphatic rings. The molecule has 7 heteroatoms. The number of aryl methyl sites for hydroxylation is 1. The number of hydrogen-bond acceptors (Lipinski definition) is 4. The van der Waals surface area contributed by atoms with E-state index >= 15 is 0 Å². The minimum absolute atomic E-state index is 0.124. The first-order chi connectivity index (χ1) is 18.9. The van der Waals surface area contributed by atoms with Crippen LogP contribution in [0.4, 0.5) is 0 Å². The van der Waals surface area contributed by atoms with Crippen molar-refractivity contribution in [2.75, 3.05) is 13.7 Å². The minimum atomic E-state index is -0.691. The molecule has 1 aliphatic carbocycles. The van der Waals surface area contributed by atoms with Crippen LogP contribution < -0.4 is 14.8 Å². The SMILES string of the molecule is COc1cccc(CN(C(=O)COc2ccc(Br)c(C)c2)[C@H](Cc2ccccc2)C(=O)NC2CCCCC2)c1. The van der Waals surface area contributed by atoms with Crippen molar-refractivity contribution in [1.29, 1.82) is 0 Å². The summed E-state index contributed by atoms with van der Waals surface area (Å²) in [6, 6.07) is 22.5. The van der Waals surface area contributed by atoms with Gasteiger partial charge >= 0.3 is 0 Å². The summed E-state index contributed by atoms with van der Waals surface area (Å²) in [5.41, 5.74) is 2.89. The third-order valence-corrected chi connectivity index (χ3v) is 8.09. The summed E-state index contributed by atoms with van der Waals surface area (Å²) in [5.74, 6) is 0.934. The molecule has 1 atom stereocenters. The molecular formula is C32H37BrN2O4. The van der Waals surface area contributed by atoms with Gasteiger partial charge in [0.1, 0.15) is 17.5 Å². The van der Waals surface area contributed by atoms with Crippen LogP contribution in [-0.4, -0.2) is 42.5 Å². The first kappa shape index (κ1) is 28.7. The van der Waals surface area contributed by atoms with Crippen LogP contribution in [0.1, 0.15) is 48.8 Å². The summed E-state index contributed by atoms with van der Waals surface area (Å²) < 4.78 is 12.3. The van der Waals surface area contributed by atoms with Crippen LogP contribution in [0, 0.1) is 6.92 Å². The van der Waals surface area contributed by atoms with Gasteiger partial charge in [-0.2, -0.15) is 0 Å². The number of halogens is 1. The molecule has 0 aromatic heterocycles. The third-order valence-electron chi connectivity index (χ3n) is 7.20. The molecule has 0 spiro atoms. The average Bonchev–Trinajstić information content (AvgIpc) is 2.96. The molecule has 1 fully saturated rings. The lowest BCUT2D eigenvalue weighted by atomic mass is 9.94. The van der Waals surface area contributed by atoms with Crippen LogP contribution in [0.2, 0.25) is 0 Å². The fraction of sp³-hybridized carbons (Fsp3) is 0.375. The lowest BCUT2D eigenvalue weighted by molar-refractivity contribution is -0.143. The Morgan fingerprint density at radius 2 is 1.69 bits per heavy atom. The Balaban J connectivity index is 1.62. The van der Waals surface area contributed by atoms with Crippen LogP contribution in [0.25, 0.3) is 0 Å². The molecule has 4 rings (SSSR count). The maximum Gasteiger partial charge on any atom is 0.261 e. The van der Waals surface area contributed by atoms with E-state index in [1.807, 2.05) is 79.7 Å². The van der Waals surface area contributed by atoms with E-state index in [9.17, 15) is 9.59 Å². The molecular weight excluding hydrogens is 556 g/mol. The molecule has 6 nitrogen and oxygen atoms in total. The van der Waals surface area contributed by atoms with Crippen molar-refractivity contribution >= 4 is 27.7 Å². The van der Waals surface area contributed by atoms with E-state index in [-0.39, 0.29) is 31.0 Å². The topological polar surface area (TPSA) is 67.9 Å². The van der Waals surface area contributed by atoms with Gasteiger partial charge in [-0.3, -0.25) is 9.59 Å². The summed E-state index contributed by atoms with van der Waals surface area (Å²) in [4.78, 5) is 29.4. The van der Waals surface area contributed by atoms with E-state index in [2.05, 4.69) is 21.2 Å². The van der Waals surface area contributed by atoms with Gasteiger partial charge in [0.25, 0.3) is 5.91 Å².